The highest BCUT2D eigenvalue weighted by Gasteiger charge is 2.29. The topological polar surface area (TPSA) is 133 Å². The zero-order valence-corrected chi connectivity index (χ0v) is 25.2. The first-order valence-electron chi connectivity index (χ1n) is 13.7. The van der Waals surface area contributed by atoms with Crippen LogP contribution < -0.4 is 45.1 Å². The summed E-state index contributed by atoms with van der Waals surface area (Å²) in [5.41, 5.74) is 3.74. The summed E-state index contributed by atoms with van der Waals surface area (Å²) >= 11 is 0. The highest BCUT2D eigenvalue weighted by Crippen LogP contribution is 2.50. The molecule has 0 radical (unpaired) electrons. The molecule has 0 fully saturated rings. The number of nitrogens with one attached hydrogen (secondary N) is 3. The van der Waals surface area contributed by atoms with Crippen LogP contribution >= 0.6 is 0 Å². The van der Waals surface area contributed by atoms with Gasteiger partial charge in [-0.15, -0.1) is 0 Å². The van der Waals surface area contributed by atoms with Gasteiger partial charge in [0.25, 0.3) is 0 Å². The van der Waals surface area contributed by atoms with E-state index in [1.54, 1.807) is 52.7 Å². The lowest BCUT2D eigenvalue weighted by Crippen LogP contribution is -2.30. The molecule has 3 aromatic rings. The minimum atomic E-state index is -0.431. The fourth-order valence-electron chi connectivity index (χ4n) is 5.28. The van der Waals surface area contributed by atoms with Crippen molar-refractivity contribution in [3.05, 3.63) is 69.4 Å². The van der Waals surface area contributed by atoms with Gasteiger partial charge in [0.05, 0.1) is 53.8 Å². The van der Waals surface area contributed by atoms with Gasteiger partial charge < -0.3 is 39.6 Å². The predicted molar refractivity (Wildman–Crippen MR) is 163 cm³/mol. The molecule has 0 aliphatic heterocycles. The average Bonchev–Trinajstić information content (AvgIpc) is 3.25. The van der Waals surface area contributed by atoms with Gasteiger partial charge in [0.15, 0.2) is 23.0 Å². The molecule has 1 aliphatic carbocycles. The Morgan fingerprint density at radius 2 is 1.56 bits per heavy atom. The molecular formula is C32H37N3O8. The van der Waals surface area contributed by atoms with E-state index in [1.165, 1.54) is 20.1 Å². The van der Waals surface area contributed by atoms with Gasteiger partial charge in [0.1, 0.15) is 0 Å². The third-order valence-electron chi connectivity index (χ3n) is 7.29. The van der Waals surface area contributed by atoms with E-state index < -0.39 is 6.04 Å². The number of ether oxygens (including phenoxy) is 5. The van der Waals surface area contributed by atoms with Gasteiger partial charge in [-0.05, 0) is 65.4 Å². The minimum absolute atomic E-state index is 0.128. The van der Waals surface area contributed by atoms with Crippen LogP contribution in [0.15, 0.2) is 47.3 Å². The number of aryl methyl sites for hydroxylation is 1. The molecule has 3 aromatic carbocycles. The maximum atomic E-state index is 13.4. The van der Waals surface area contributed by atoms with Crippen LogP contribution in [0, 0.1) is 0 Å². The van der Waals surface area contributed by atoms with Crippen LogP contribution in [0.3, 0.4) is 0 Å². The number of fused-ring (bicyclic) bond motifs is 3. The second-order valence-electron chi connectivity index (χ2n) is 9.92. The molecule has 0 bridgehead atoms. The molecule has 43 heavy (non-hydrogen) atoms. The maximum Gasteiger partial charge on any atom is 0.239 e. The summed E-state index contributed by atoms with van der Waals surface area (Å²) in [7, 11) is 7.73. The summed E-state index contributed by atoms with van der Waals surface area (Å²) in [5, 5.41) is 8.79. The van der Waals surface area contributed by atoms with Crippen LogP contribution in [0.1, 0.15) is 36.1 Å². The van der Waals surface area contributed by atoms with Crippen molar-refractivity contribution < 1.29 is 33.3 Å². The zero-order valence-electron chi connectivity index (χ0n) is 25.2. The number of methoxy groups -OCH3 is 5. The lowest BCUT2D eigenvalue weighted by Gasteiger charge is -2.19. The van der Waals surface area contributed by atoms with Gasteiger partial charge in [-0.3, -0.25) is 14.4 Å². The number of carbonyl (C=O) groups is 2. The number of benzene rings is 2. The molecule has 0 saturated carbocycles. The molecule has 1 atom stereocenters. The fraction of sp³-hybridized carbons (Fsp3) is 0.344. The van der Waals surface area contributed by atoms with E-state index in [0.29, 0.717) is 52.7 Å². The first-order valence-corrected chi connectivity index (χ1v) is 13.7. The number of anilines is 1. The average molecular weight is 592 g/mol. The van der Waals surface area contributed by atoms with E-state index in [-0.39, 0.29) is 36.0 Å². The van der Waals surface area contributed by atoms with Crippen molar-refractivity contribution in [2.24, 2.45) is 0 Å². The van der Waals surface area contributed by atoms with E-state index in [4.69, 9.17) is 23.7 Å². The summed E-state index contributed by atoms with van der Waals surface area (Å²) < 4.78 is 27.6. The SMILES string of the molecule is COc1ccc(CNC(=O)CNc2ccc3c(cc2=O)C(NC(C)=O)CCc2cc(OC)c(OC)c(OC)c2-3)cc1OC. The summed E-state index contributed by atoms with van der Waals surface area (Å²) in [6.45, 7) is 1.58. The lowest BCUT2D eigenvalue weighted by molar-refractivity contribution is -0.120. The van der Waals surface area contributed by atoms with Crippen molar-refractivity contribution >= 4 is 17.5 Å². The highest BCUT2D eigenvalue weighted by atomic mass is 16.5. The maximum absolute atomic E-state index is 13.4. The van der Waals surface area contributed by atoms with Gasteiger partial charge in [0.2, 0.25) is 23.0 Å². The third kappa shape index (κ3) is 6.77. The van der Waals surface area contributed by atoms with E-state index in [0.717, 1.165) is 16.7 Å². The lowest BCUT2D eigenvalue weighted by atomic mass is 9.95. The first kappa shape index (κ1) is 31.0. The number of rotatable bonds is 11. The molecule has 0 spiro atoms. The second-order valence-corrected chi connectivity index (χ2v) is 9.92. The van der Waals surface area contributed by atoms with Gasteiger partial charge in [-0.1, -0.05) is 12.1 Å². The minimum Gasteiger partial charge on any atom is -0.493 e. The highest BCUT2D eigenvalue weighted by molar-refractivity contribution is 5.84. The monoisotopic (exact) mass is 591 g/mol. The summed E-state index contributed by atoms with van der Waals surface area (Å²) in [4.78, 5) is 38.3. The molecule has 2 amide bonds. The van der Waals surface area contributed by atoms with Gasteiger partial charge in [0, 0.05) is 19.0 Å². The van der Waals surface area contributed by atoms with E-state index in [2.05, 4.69) is 16.0 Å². The molecule has 11 nitrogen and oxygen atoms in total. The quantitative estimate of drug-likeness (QED) is 0.306. The van der Waals surface area contributed by atoms with Crippen molar-refractivity contribution in [1.82, 2.24) is 10.6 Å². The standard InChI is InChI=1S/C32H37N3O8/c1-18(36)35-23-10-8-20-14-28(41-4)31(42-5)32(43-6)30(20)21-9-11-24(25(37)15-22(21)23)33-17-29(38)34-16-19-7-12-26(39-2)27(13-19)40-3/h7,9,11-15,23H,8,10,16-17H2,1-6H3,(H,33,37)(H,34,38)(H,35,36). The number of hydrogen-bond acceptors (Lipinski definition) is 9. The predicted octanol–water partition coefficient (Wildman–Crippen LogP) is 3.61. The molecule has 1 aliphatic rings. The fourth-order valence-corrected chi connectivity index (χ4v) is 5.28. The summed E-state index contributed by atoms with van der Waals surface area (Å²) in [6, 6.07) is 11.8. The molecule has 11 heteroatoms. The number of hydrogen-bond donors (Lipinski definition) is 3. The number of carbonyl (C=O) groups excluding carboxylic acids is 2. The van der Waals surface area contributed by atoms with Crippen LogP contribution in [0.2, 0.25) is 0 Å². The van der Waals surface area contributed by atoms with Crippen molar-refractivity contribution in [2.45, 2.75) is 32.4 Å². The molecule has 1 unspecified atom stereocenters. The Morgan fingerprint density at radius 1 is 0.837 bits per heavy atom. The first-order chi connectivity index (χ1) is 20.7. The third-order valence-corrected chi connectivity index (χ3v) is 7.29. The van der Waals surface area contributed by atoms with E-state index in [9.17, 15) is 14.4 Å². The van der Waals surface area contributed by atoms with E-state index in [1.807, 2.05) is 12.1 Å². The van der Waals surface area contributed by atoms with E-state index >= 15 is 0 Å². The Morgan fingerprint density at radius 3 is 2.21 bits per heavy atom. The Hall–Kier alpha value is -4.93. The Kier molecular flexibility index (Phi) is 9.97. The Bertz CT molecular complexity index is 1570. The molecule has 228 valence electrons. The van der Waals surface area contributed by atoms with Crippen molar-refractivity contribution in [3.8, 4) is 39.9 Å². The molecule has 0 heterocycles. The normalized spacial score (nSPS) is 13.4. The largest absolute Gasteiger partial charge is 0.493 e. The Labute approximate surface area is 250 Å². The molecule has 3 N–H and O–H groups in total. The zero-order chi connectivity index (χ0) is 31.1. The van der Waals surface area contributed by atoms with Crippen LogP contribution in [0.25, 0.3) is 11.1 Å². The van der Waals surface area contributed by atoms with Crippen molar-refractivity contribution in [3.63, 3.8) is 0 Å². The van der Waals surface area contributed by atoms with Crippen molar-refractivity contribution in [1.29, 1.82) is 0 Å². The van der Waals surface area contributed by atoms with Crippen molar-refractivity contribution in [2.75, 3.05) is 47.4 Å². The van der Waals surface area contributed by atoms with Crippen LogP contribution in [0.4, 0.5) is 5.69 Å². The van der Waals surface area contributed by atoms with Gasteiger partial charge >= 0.3 is 0 Å². The second kappa shape index (κ2) is 13.8. The molecular weight excluding hydrogens is 554 g/mol. The molecule has 0 saturated heterocycles. The van der Waals surface area contributed by atoms with Gasteiger partial charge in [-0.2, -0.15) is 0 Å². The summed E-state index contributed by atoms with van der Waals surface area (Å²) in [6.07, 6.45) is 1.14. The van der Waals surface area contributed by atoms with Gasteiger partial charge in [-0.25, -0.2) is 0 Å². The van der Waals surface area contributed by atoms with Crippen LogP contribution in [-0.2, 0) is 22.6 Å². The number of amides is 2. The molecule has 0 aromatic heterocycles. The summed E-state index contributed by atoms with van der Waals surface area (Å²) in [5.74, 6) is 2.04. The van der Waals surface area contributed by atoms with Crippen LogP contribution in [-0.4, -0.2) is 53.9 Å². The van der Waals surface area contributed by atoms with Crippen LogP contribution in [0.5, 0.6) is 28.7 Å². The molecule has 4 rings (SSSR count). The smallest absolute Gasteiger partial charge is 0.239 e. The Balaban J connectivity index is 1.65.